The first-order valence-corrected chi connectivity index (χ1v) is 11.9. The fraction of sp³-hybridized carbons (Fsp3) is 0.500. The first kappa shape index (κ1) is 19.3. The van der Waals surface area contributed by atoms with Crippen molar-refractivity contribution in [2.45, 2.75) is 24.1 Å². The van der Waals surface area contributed by atoms with Crippen LogP contribution in [0.15, 0.2) is 29.3 Å². The van der Waals surface area contributed by atoms with Crippen molar-refractivity contribution >= 4 is 44.3 Å². The van der Waals surface area contributed by atoms with Crippen LogP contribution in [0, 0.1) is 5.92 Å². The molecule has 3 aliphatic heterocycles. The normalized spacial score (nSPS) is 26.6. The molecular weight excluding hydrogens is 400 g/mol. The molecule has 3 aliphatic rings. The van der Waals surface area contributed by atoms with Crippen LogP contribution in [0.3, 0.4) is 0 Å². The highest BCUT2D eigenvalue weighted by atomic mass is 32.2. The van der Waals surface area contributed by atoms with E-state index in [0.29, 0.717) is 31.5 Å². The third-order valence-corrected chi connectivity index (χ3v) is 8.53. The number of nitrogens with two attached hydrogens (primary N) is 1. The number of thioether (sulfide) groups is 1. The molecule has 0 aromatic heterocycles. The van der Waals surface area contributed by atoms with Gasteiger partial charge in [-0.05, 0) is 37.1 Å². The highest BCUT2D eigenvalue weighted by Gasteiger charge is 2.42. The van der Waals surface area contributed by atoms with E-state index < -0.39 is 9.84 Å². The number of amidine groups is 1. The van der Waals surface area contributed by atoms with Crippen LogP contribution in [0.5, 0.6) is 0 Å². The SMILES string of the molecule is NC(=O)C1CCN(C(=O)c2ccc(NC3=N[C@@H]4CS(=O)(=O)C[C@H]4S3)cc2)CC1. The molecule has 0 spiro atoms. The van der Waals surface area contributed by atoms with E-state index in [9.17, 15) is 18.0 Å². The Morgan fingerprint density at radius 2 is 1.82 bits per heavy atom. The Morgan fingerprint density at radius 1 is 1.14 bits per heavy atom. The van der Waals surface area contributed by atoms with Gasteiger partial charge in [0.2, 0.25) is 5.91 Å². The van der Waals surface area contributed by atoms with E-state index in [1.807, 2.05) is 12.1 Å². The minimum atomic E-state index is -2.96. The lowest BCUT2D eigenvalue weighted by Gasteiger charge is -2.30. The molecule has 2 amide bonds. The Morgan fingerprint density at radius 3 is 2.43 bits per heavy atom. The Kier molecular flexibility index (Phi) is 5.09. The number of likely N-dealkylation sites (tertiary alicyclic amines) is 1. The summed E-state index contributed by atoms with van der Waals surface area (Å²) >= 11 is 1.46. The summed E-state index contributed by atoms with van der Waals surface area (Å²) in [6.07, 6.45) is 1.21. The minimum absolute atomic E-state index is 0.00307. The molecule has 10 heteroatoms. The quantitative estimate of drug-likeness (QED) is 0.740. The third-order valence-electron chi connectivity index (χ3n) is 5.39. The van der Waals surface area contributed by atoms with E-state index in [1.54, 1.807) is 17.0 Å². The smallest absolute Gasteiger partial charge is 0.253 e. The summed E-state index contributed by atoms with van der Waals surface area (Å²) in [5.74, 6) is -0.194. The number of aliphatic imine (C=N–C) groups is 1. The van der Waals surface area contributed by atoms with Crippen molar-refractivity contribution in [3.8, 4) is 0 Å². The number of anilines is 1. The van der Waals surface area contributed by atoms with Gasteiger partial charge < -0.3 is 16.0 Å². The number of hydrogen-bond acceptors (Lipinski definition) is 7. The largest absolute Gasteiger partial charge is 0.369 e. The topological polar surface area (TPSA) is 122 Å². The Labute approximate surface area is 167 Å². The van der Waals surface area contributed by atoms with Gasteiger partial charge in [0.15, 0.2) is 15.0 Å². The number of rotatable bonds is 3. The second-order valence-corrected chi connectivity index (χ2v) is 10.8. The lowest BCUT2D eigenvalue weighted by molar-refractivity contribution is -0.123. The van der Waals surface area contributed by atoms with Crippen LogP contribution in [-0.2, 0) is 14.6 Å². The van der Waals surface area contributed by atoms with Gasteiger partial charge in [-0.25, -0.2) is 8.42 Å². The summed E-state index contributed by atoms with van der Waals surface area (Å²) in [6.45, 7) is 1.07. The molecule has 0 saturated carbocycles. The van der Waals surface area contributed by atoms with Crippen molar-refractivity contribution in [1.29, 1.82) is 0 Å². The van der Waals surface area contributed by atoms with Crippen molar-refractivity contribution in [3.05, 3.63) is 29.8 Å². The van der Waals surface area contributed by atoms with Gasteiger partial charge in [-0.3, -0.25) is 14.6 Å². The van der Waals surface area contributed by atoms with Gasteiger partial charge in [0.25, 0.3) is 5.91 Å². The summed E-state index contributed by atoms with van der Waals surface area (Å²) in [7, 11) is -2.96. The Balaban J connectivity index is 1.35. The fourth-order valence-electron chi connectivity index (χ4n) is 3.79. The number of carbonyl (C=O) groups is 2. The van der Waals surface area contributed by atoms with Crippen molar-refractivity contribution in [2.75, 3.05) is 29.9 Å². The molecule has 0 aliphatic carbocycles. The Hall–Kier alpha value is -2.07. The van der Waals surface area contributed by atoms with E-state index in [-0.39, 0.29) is 40.5 Å². The van der Waals surface area contributed by atoms with E-state index in [0.717, 1.165) is 10.9 Å². The van der Waals surface area contributed by atoms with Crippen LogP contribution in [0.2, 0.25) is 0 Å². The molecule has 2 atom stereocenters. The molecule has 0 unspecified atom stereocenters. The first-order chi connectivity index (χ1) is 13.3. The van der Waals surface area contributed by atoms with Crippen LogP contribution >= 0.6 is 11.8 Å². The highest BCUT2D eigenvalue weighted by molar-refractivity contribution is 8.15. The zero-order valence-corrected chi connectivity index (χ0v) is 16.8. The molecule has 0 radical (unpaired) electrons. The summed E-state index contributed by atoms with van der Waals surface area (Å²) in [4.78, 5) is 30.1. The standard InChI is InChI=1S/C18H22N4O4S2/c19-16(23)11-5-7-22(8-6-11)17(24)12-1-3-13(4-2-12)20-18-21-14-9-28(25,26)10-15(14)27-18/h1-4,11,14-15H,5-10H2,(H2,19,23)(H,20,21)/t14-,15-/m1/s1. The number of benzene rings is 1. The Bertz CT molecular complexity index is 921. The molecule has 1 aromatic carbocycles. The molecule has 0 bridgehead atoms. The summed E-state index contributed by atoms with van der Waals surface area (Å²) < 4.78 is 23.3. The lowest BCUT2D eigenvalue weighted by Crippen LogP contribution is -2.41. The van der Waals surface area contributed by atoms with Gasteiger partial charge >= 0.3 is 0 Å². The van der Waals surface area contributed by atoms with Crippen molar-refractivity contribution < 1.29 is 18.0 Å². The van der Waals surface area contributed by atoms with Crippen LogP contribution in [0.1, 0.15) is 23.2 Å². The highest BCUT2D eigenvalue weighted by Crippen LogP contribution is 2.34. The van der Waals surface area contributed by atoms with E-state index in [4.69, 9.17) is 5.73 Å². The second kappa shape index (κ2) is 7.40. The average Bonchev–Trinajstić information content (AvgIpc) is 3.14. The van der Waals surface area contributed by atoms with Gasteiger partial charge in [-0.2, -0.15) is 0 Å². The van der Waals surface area contributed by atoms with Crippen LogP contribution < -0.4 is 11.1 Å². The predicted octanol–water partition coefficient (Wildman–Crippen LogP) is 0.704. The van der Waals surface area contributed by atoms with E-state index >= 15 is 0 Å². The molecule has 150 valence electrons. The lowest BCUT2D eigenvalue weighted by atomic mass is 9.96. The number of nitrogens with one attached hydrogen (secondary N) is 1. The van der Waals surface area contributed by atoms with Crippen LogP contribution in [-0.4, -0.2) is 66.2 Å². The average molecular weight is 423 g/mol. The number of piperidine rings is 1. The molecule has 8 nitrogen and oxygen atoms in total. The molecule has 2 saturated heterocycles. The van der Waals surface area contributed by atoms with E-state index in [2.05, 4.69) is 10.3 Å². The molecule has 1 aromatic rings. The molecule has 3 heterocycles. The maximum absolute atomic E-state index is 12.6. The number of amides is 2. The molecule has 4 rings (SSSR count). The molecule has 28 heavy (non-hydrogen) atoms. The summed E-state index contributed by atoms with van der Waals surface area (Å²) in [5.41, 5.74) is 6.73. The number of nitrogens with zero attached hydrogens (tertiary/aromatic N) is 2. The van der Waals surface area contributed by atoms with Crippen LogP contribution in [0.25, 0.3) is 0 Å². The number of fused-ring (bicyclic) bond motifs is 1. The van der Waals surface area contributed by atoms with Gasteiger partial charge in [0.1, 0.15) is 0 Å². The van der Waals surface area contributed by atoms with Gasteiger partial charge in [-0.1, -0.05) is 11.8 Å². The zero-order chi connectivity index (χ0) is 19.9. The van der Waals surface area contributed by atoms with Crippen molar-refractivity contribution in [1.82, 2.24) is 4.90 Å². The number of sulfone groups is 1. The van der Waals surface area contributed by atoms with Crippen molar-refractivity contribution in [3.63, 3.8) is 0 Å². The minimum Gasteiger partial charge on any atom is -0.369 e. The third kappa shape index (κ3) is 4.02. The summed E-state index contributed by atoms with van der Waals surface area (Å²) in [6, 6.07) is 6.99. The fourth-order valence-corrected chi connectivity index (χ4v) is 7.46. The molecule has 3 N–H and O–H groups in total. The monoisotopic (exact) mass is 422 g/mol. The van der Waals surface area contributed by atoms with Gasteiger partial charge in [0, 0.05) is 35.5 Å². The number of carbonyl (C=O) groups excluding carboxylic acids is 2. The predicted molar refractivity (Wildman–Crippen MR) is 109 cm³/mol. The van der Waals surface area contributed by atoms with Crippen LogP contribution in [0.4, 0.5) is 5.69 Å². The maximum Gasteiger partial charge on any atom is 0.253 e. The first-order valence-electron chi connectivity index (χ1n) is 9.21. The number of hydrogen-bond donors (Lipinski definition) is 2. The van der Waals surface area contributed by atoms with E-state index in [1.165, 1.54) is 11.8 Å². The molecule has 2 fully saturated rings. The van der Waals surface area contributed by atoms with Gasteiger partial charge in [-0.15, -0.1) is 0 Å². The van der Waals surface area contributed by atoms with Gasteiger partial charge in [0.05, 0.1) is 17.5 Å². The second-order valence-electron chi connectivity index (χ2n) is 7.41. The van der Waals surface area contributed by atoms with Crippen molar-refractivity contribution in [2.24, 2.45) is 16.6 Å². The maximum atomic E-state index is 12.6. The zero-order valence-electron chi connectivity index (χ0n) is 15.2. The molecular formula is C18H22N4O4S2. The number of primary amides is 1. The summed E-state index contributed by atoms with van der Waals surface area (Å²) in [5, 5.41) is 3.92.